The smallest absolute Gasteiger partial charge is 0.0109 e. The number of rotatable bonds is 6. The van der Waals surface area contributed by atoms with Crippen LogP contribution in [0.5, 0.6) is 0 Å². The second-order valence-corrected chi connectivity index (χ2v) is 11.9. The minimum absolute atomic E-state index is 0.549. The van der Waals surface area contributed by atoms with Crippen LogP contribution in [0.3, 0.4) is 0 Å². The minimum Gasteiger partial charge on any atom is -0.0622 e. The van der Waals surface area contributed by atoms with Crippen LogP contribution in [0.4, 0.5) is 0 Å². The Labute approximate surface area is 204 Å². The van der Waals surface area contributed by atoms with E-state index in [-0.39, 0.29) is 0 Å². The molecule has 33 heavy (non-hydrogen) atoms. The summed E-state index contributed by atoms with van der Waals surface area (Å²) in [5.74, 6) is 3.19. The molecule has 0 spiro atoms. The Balaban J connectivity index is 2.14. The zero-order chi connectivity index (χ0) is 23.5. The summed E-state index contributed by atoms with van der Waals surface area (Å²) in [5, 5.41) is 0. The number of hydrogen-bond donors (Lipinski definition) is 0. The van der Waals surface area contributed by atoms with E-state index in [0.717, 1.165) is 11.8 Å². The summed E-state index contributed by atoms with van der Waals surface area (Å²) in [6, 6.07) is 11.5. The average Bonchev–Trinajstić information content (AvgIpc) is 2.83. The van der Waals surface area contributed by atoms with Gasteiger partial charge in [-0.05, 0) is 94.2 Å². The predicted molar refractivity (Wildman–Crippen MR) is 146 cm³/mol. The highest BCUT2D eigenvalue weighted by Crippen LogP contribution is 2.52. The molecule has 180 valence electrons. The maximum absolute atomic E-state index is 2.49. The summed E-state index contributed by atoms with van der Waals surface area (Å²) in [4.78, 5) is 0. The first-order valence-corrected chi connectivity index (χ1v) is 14.2. The molecule has 0 heterocycles. The van der Waals surface area contributed by atoms with Gasteiger partial charge in [-0.3, -0.25) is 0 Å². The fourth-order valence-corrected chi connectivity index (χ4v) is 7.25. The summed E-state index contributed by atoms with van der Waals surface area (Å²) in [6.07, 6.45) is 14.0. The van der Waals surface area contributed by atoms with E-state index < -0.39 is 0 Å². The number of benzene rings is 2. The average molecular weight is 445 g/mol. The van der Waals surface area contributed by atoms with Crippen LogP contribution in [-0.4, -0.2) is 0 Å². The fraction of sp³-hybridized carbons (Fsp3) is 0.636. The van der Waals surface area contributed by atoms with Crippen LogP contribution in [0.2, 0.25) is 0 Å². The second-order valence-electron chi connectivity index (χ2n) is 11.9. The molecule has 0 heteroatoms. The number of hydrogen-bond acceptors (Lipinski definition) is 0. The zero-order valence-corrected chi connectivity index (χ0v) is 22.3. The summed E-state index contributed by atoms with van der Waals surface area (Å²) in [7, 11) is 0. The lowest BCUT2D eigenvalue weighted by atomic mass is 9.66. The van der Waals surface area contributed by atoms with E-state index >= 15 is 0 Å². The normalized spacial score (nSPS) is 18.6. The van der Waals surface area contributed by atoms with E-state index in [1.807, 2.05) is 0 Å². The maximum Gasteiger partial charge on any atom is -0.0109 e. The quantitative estimate of drug-likeness (QED) is 0.415. The first-order chi connectivity index (χ1) is 15.9. The lowest BCUT2D eigenvalue weighted by Crippen LogP contribution is -2.21. The lowest BCUT2D eigenvalue weighted by molar-refractivity contribution is 0.425. The highest BCUT2D eigenvalue weighted by molar-refractivity contribution is 5.78. The molecule has 4 rings (SSSR count). The molecule has 0 saturated heterocycles. The fourth-order valence-electron chi connectivity index (χ4n) is 7.25. The molecule has 0 atom stereocenters. The highest BCUT2D eigenvalue weighted by Gasteiger charge is 2.34. The Hall–Kier alpha value is -1.56. The van der Waals surface area contributed by atoms with Crippen molar-refractivity contribution in [1.82, 2.24) is 0 Å². The zero-order valence-electron chi connectivity index (χ0n) is 22.3. The van der Waals surface area contributed by atoms with Crippen molar-refractivity contribution < 1.29 is 0 Å². The van der Waals surface area contributed by atoms with E-state index in [0.29, 0.717) is 17.8 Å². The molecule has 0 bridgehead atoms. The molecule has 2 aromatic rings. The molecule has 2 saturated carbocycles. The Morgan fingerprint density at radius 3 is 1.27 bits per heavy atom. The van der Waals surface area contributed by atoms with Gasteiger partial charge in [0, 0.05) is 0 Å². The van der Waals surface area contributed by atoms with E-state index in [1.165, 1.54) is 69.8 Å². The van der Waals surface area contributed by atoms with E-state index in [2.05, 4.69) is 71.9 Å². The van der Waals surface area contributed by atoms with Gasteiger partial charge in [0.1, 0.15) is 0 Å². The topological polar surface area (TPSA) is 0 Å². The van der Waals surface area contributed by atoms with Crippen LogP contribution >= 0.6 is 0 Å². The monoisotopic (exact) mass is 444 g/mol. The lowest BCUT2D eigenvalue weighted by Gasteiger charge is -2.39. The molecule has 0 amide bonds. The Kier molecular flexibility index (Phi) is 8.03. The first-order valence-electron chi connectivity index (χ1n) is 14.2. The van der Waals surface area contributed by atoms with Gasteiger partial charge in [0.2, 0.25) is 0 Å². The van der Waals surface area contributed by atoms with Crippen molar-refractivity contribution in [3.63, 3.8) is 0 Å². The molecule has 2 aliphatic rings. The Morgan fingerprint density at radius 2 is 0.909 bits per heavy atom. The molecule has 0 nitrogen and oxygen atoms in total. The third-order valence-corrected chi connectivity index (χ3v) is 8.52. The molecule has 2 aromatic carbocycles. The Morgan fingerprint density at radius 1 is 0.515 bits per heavy atom. The van der Waals surface area contributed by atoms with E-state index in [9.17, 15) is 0 Å². The minimum atomic E-state index is 0.549. The summed E-state index contributed by atoms with van der Waals surface area (Å²) < 4.78 is 0. The van der Waals surface area contributed by atoms with Crippen molar-refractivity contribution in [3.05, 3.63) is 58.1 Å². The molecule has 0 radical (unpaired) electrons. The van der Waals surface area contributed by atoms with Crippen molar-refractivity contribution >= 4 is 0 Å². The molecular weight excluding hydrogens is 396 g/mol. The summed E-state index contributed by atoms with van der Waals surface area (Å²) >= 11 is 0. The van der Waals surface area contributed by atoms with Gasteiger partial charge in [0.05, 0.1) is 0 Å². The van der Waals surface area contributed by atoms with Gasteiger partial charge in [-0.1, -0.05) is 110 Å². The van der Waals surface area contributed by atoms with Gasteiger partial charge >= 0.3 is 0 Å². The van der Waals surface area contributed by atoms with Crippen LogP contribution in [0.1, 0.15) is 163 Å². The van der Waals surface area contributed by atoms with Crippen molar-refractivity contribution in [2.24, 2.45) is 0 Å². The predicted octanol–water partition coefficient (Wildman–Crippen LogP) is 10.8. The van der Waals surface area contributed by atoms with Gasteiger partial charge in [0.15, 0.2) is 0 Å². The van der Waals surface area contributed by atoms with Gasteiger partial charge in [-0.2, -0.15) is 0 Å². The Bertz CT molecular complexity index is 852. The van der Waals surface area contributed by atoms with Crippen LogP contribution < -0.4 is 0 Å². The third-order valence-electron chi connectivity index (χ3n) is 8.52. The molecular formula is C33H48. The van der Waals surface area contributed by atoms with Crippen molar-refractivity contribution in [3.8, 4) is 11.1 Å². The second kappa shape index (κ2) is 10.8. The van der Waals surface area contributed by atoms with Crippen LogP contribution in [0.15, 0.2) is 30.3 Å². The molecule has 0 aromatic heterocycles. The highest BCUT2D eigenvalue weighted by atomic mass is 14.4. The van der Waals surface area contributed by atoms with Crippen molar-refractivity contribution in [2.75, 3.05) is 0 Å². The summed E-state index contributed by atoms with van der Waals surface area (Å²) in [5.41, 5.74) is 11.8. The van der Waals surface area contributed by atoms with Gasteiger partial charge in [-0.25, -0.2) is 0 Å². The molecule has 2 fully saturated rings. The van der Waals surface area contributed by atoms with Crippen molar-refractivity contribution in [1.29, 1.82) is 0 Å². The van der Waals surface area contributed by atoms with Crippen molar-refractivity contribution in [2.45, 2.75) is 135 Å². The maximum atomic E-state index is 2.49. The van der Waals surface area contributed by atoms with Crippen LogP contribution in [0.25, 0.3) is 11.1 Å². The van der Waals surface area contributed by atoms with E-state index in [1.54, 1.807) is 33.4 Å². The van der Waals surface area contributed by atoms with Gasteiger partial charge < -0.3 is 0 Å². The van der Waals surface area contributed by atoms with Crippen LogP contribution in [0, 0.1) is 0 Å². The molecule has 0 N–H and O–H groups in total. The first kappa shape index (κ1) is 24.6. The standard InChI is InChI=1S/C33H48/c1-22(2)28-31(25-16-10-7-11-17-25)29(23(3)4)33(27-20-14-9-15-21-27)30(24(5)6)32(28)26-18-12-8-13-19-26/h7,10-11,16-17,22-24,26-27H,8-9,12-15,18-21H2,1-6H3. The molecule has 0 unspecified atom stereocenters. The van der Waals surface area contributed by atoms with Gasteiger partial charge in [-0.15, -0.1) is 0 Å². The van der Waals surface area contributed by atoms with Crippen LogP contribution in [-0.2, 0) is 0 Å². The summed E-state index contributed by atoms with van der Waals surface area (Å²) in [6.45, 7) is 14.8. The molecule has 2 aliphatic carbocycles. The van der Waals surface area contributed by atoms with E-state index in [4.69, 9.17) is 0 Å². The SMILES string of the molecule is CC(C)c1c(-c2ccccc2)c(C(C)C)c(C2CCCCC2)c(C(C)C)c1C1CCCCC1. The largest absolute Gasteiger partial charge is 0.0622 e. The third kappa shape index (κ3) is 4.96. The van der Waals surface area contributed by atoms with Gasteiger partial charge in [0.25, 0.3) is 0 Å². The molecule has 0 aliphatic heterocycles.